The maximum Gasteiger partial charge on any atom is 0.475 e. The van der Waals surface area contributed by atoms with Gasteiger partial charge in [0.2, 0.25) is 5.91 Å². The van der Waals surface area contributed by atoms with Crippen LogP contribution in [-0.2, 0) is 18.3 Å². The van der Waals surface area contributed by atoms with Crippen molar-refractivity contribution < 1.29 is 29.5 Å². The van der Waals surface area contributed by atoms with Gasteiger partial charge in [-0.2, -0.15) is 14.9 Å². The molecule has 0 radical (unpaired) electrons. The van der Waals surface area contributed by atoms with E-state index >= 15 is 0 Å². The lowest BCUT2D eigenvalue weighted by Gasteiger charge is -2.24. The summed E-state index contributed by atoms with van der Waals surface area (Å²) >= 11 is 5.93. The number of halogens is 1. The van der Waals surface area contributed by atoms with Crippen molar-refractivity contribution in [3.63, 3.8) is 0 Å². The topological polar surface area (TPSA) is 226 Å². The second-order valence-corrected chi connectivity index (χ2v) is 13.5. The molecule has 0 aliphatic rings. The average Bonchev–Trinajstić information content (AvgIpc) is 3.61. The molecule has 6 N–H and O–H groups in total. The number of nitrogens with one attached hydrogen (secondary N) is 3. The fourth-order valence-electron chi connectivity index (χ4n) is 5.21. The van der Waals surface area contributed by atoms with Crippen LogP contribution in [0.5, 0.6) is 0 Å². The molecule has 3 amide bonds. The van der Waals surface area contributed by atoms with Gasteiger partial charge in [-0.05, 0) is 43.0 Å². The van der Waals surface area contributed by atoms with Gasteiger partial charge in [0.25, 0.3) is 17.4 Å². The maximum absolute atomic E-state index is 12.8. The third-order valence-electron chi connectivity index (χ3n) is 8.00. The van der Waals surface area contributed by atoms with E-state index in [0.29, 0.717) is 28.4 Å². The molecule has 16 nitrogen and oxygen atoms in total. The molecule has 0 saturated heterocycles. The number of rotatable bonds is 14. The van der Waals surface area contributed by atoms with Crippen LogP contribution in [0.3, 0.4) is 0 Å². The highest BCUT2D eigenvalue weighted by Gasteiger charge is 2.30. The van der Waals surface area contributed by atoms with Crippen molar-refractivity contribution in [3.8, 4) is 16.9 Å². The van der Waals surface area contributed by atoms with E-state index in [1.54, 1.807) is 44.4 Å². The van der Waals surface area contributed by atoms with Gasteiger partial charge in [0.05, 0.1) is 36.8 Å². The molecule has 5 aromatic rings. The average molecular weight is 772 g/mol. The predicted molar refractivity (Wildman–Crippen MR) is 206 cm³/mol. The highest BCUT2D eigenvalue weighted by molar-refractivity contribution is 6.43. The summed E-state index contributed by atoms with van der Waals surface area (Å²) in [5, 5.41) is 45.2. The van der Waals surface area contributed by atoms with Crippen LogP contribution in [0.15, 0.2) is 96.4 Å². The Labute approximate surface area is 322 Å². The second-order valence-electron chi connectivity index (χ2n) is 13.1. The van der Waals surface area contributed by atoms with E-state index in [-0.39, 0.29) is 30.2 Å². The molecule has 5 rings (SSSR count). The summed E-state index contributed by atoms with van der Waals surface area (Å²) in [5.41, 5.74) is 1.84. The van der Waals surface area contributed by atoms with Crippen LogP contribution in [0, 0.1) is 5.92 Å². The number of amides is 3. The molecule has 2 aromatic carbocycles. The number of benzene rings is 2. The minimum atomic E-state index is -1.69. The number of carbonyl (C=O) groups is 3. The zero-order valence-corrected chi connectivity index (χ0v) is 31.5. The molecule has 0 fully saturated rings. The minimum absolute atomic E-state index is 0.0842. The lowest BCUT2D eigenvalue weighted by Crippen LogP contribution is -2.55. The Hall–Kier alpha value is -5.75. The normalized spacial score (nSPS) is 12.5. The molecule has 18 heteroatoms. The maximum atomic E-state index is 12.8. The van der Waals surface area contributed by atoms with Gasteiger partial charge in [-0.3, -0.25) is 28.8 Å². The molecule has 288 valence electrons. The molecule has 0 aliphatic heterocycles. The first kappa shape index (κ1) is 42.0. The van der Waals surface area contributed by atoms with Crippen LogP contribution < -0.4 is 21.5 Å². The van der Waals surface area contributed by atoms with Crippen molar-refractivity contribution in [3.05, 3.63) is 124 Å². The van der Waals surface area contributed by atoms with Gasteiger partial charge in [0, 0.05) is 42.5 Å². The monoisotopic (exact) mass is 771 g/mol. The van der Waals surface area contributed by atoms with Gasteiger partial charge in [-0.15, -0.1) is 0 Å². The Bertz CT molecular complexity index is 2080. The molecule has 0 bridgehead atoms. The van der Waals surface area contributed by atoms with E-state index in [1.807, 2.05) is 44.2 Å². The lowest BCUT2D eigenvalue weighted by molar-refractivity contribution is -0.123. The molecule has 3 aromatic heterocycles. The first-order valence-corrected chi connectivity index (χ1v) is 17.7. The SMILES string of the molecule is CC(C)CC(NC(=O)C(Cc1ccccc1)NC(=O)c1cnccn1)B(O)O.CC(CO)NC(=O)c1cc(-c2ccc(Cl)cc2)nn(-c2cnn(C)c2)c1=O. The number of aliphatic hydroxyl groups excluding tert-OH is 1. The minimum Gasteiger partial charge on any atom is -0.426 e. The smallest absolute Gasteiger partial charge is 0.426 e. The first-order chi connectivity index (χ1) is 26.2. The number of hydrogen-bond donors (Lipinski definition) is 6. The van der Waals surface area contributed by atoms with E-state index < -0.39 is 48.4 Å². The van der Waals surface area contributed by atoms with E-state index in [0.717, 1.165) is 10.2 Å². The number of aromatic nitrogens is 6. The fraction of sp³-hybridized carbons (Fsp3) is 0.297. The molecule has 3 atom stereocenters. The predicted octanol–water partition coefficient (Wildman–Crippen LogP) is 1.76. The Morgan fingerprint density at radius 2 is 1.64 bits per heavy atom. The van der Waals surface area contributed by atoms with E-state index in [2.05, 4.69) is 36.1 Å². The zero-order chi connectivity index (χ0) is 40.1. The molecule has 0 spiro atoms. The van der Waals surface area contributed by atoms with Crippen LogP contribution in [0.4, 0.5) is 0 Å². The summed E-state index contributed by atoms with van der Waals surface area (Å²) in [4.78, 5) is 58.5. The van der Waals surface area contributed by atoms with Gasteiger partial charge in [-0.1, -0.05) is 67.9 Å². The Morgan fingerprint density at radius 3 is 2.22 bits per heavy atom. The molecule has 3 unspecified atom stereocenters. The standard InChI is InChI=1S/C19H25BN4O4.C18H18ClN5O3/c1-13(2)10-17(20(27)28)24-18(25)15(11-14-6-4-3-5-7-14)23-19(26)16-12-21-8-9-22-16;1-11(10-25)21-17(26)15-7-16(12-3-5-13(19)6-4-12)22-24(18(15)27)14-8-20-23(2)9-14/h3-9,12-13,15,17,27-28H,10-11H2,1-2H3,(H,23,26)(H,24,25);3-9,11,25H,10H2,1-2H3,(H,21,26). The van der Waals surface area contributed by atoms with Gasteiger partial charge < -0.3 is 31.1 Å². The quantitative estimate of drug-likeness (QED) is 0.0892. The lowest BCUT2D eigenvalue weighted by atomic mass is 9.75. The van der Waals surface area contributed by atoms with Crippen molar-refractivity contribution in [2.24, 2.45) is 13.0 Å². The number of carbonyl (C=O) groups excluding carboxylic acids is 3. The van der Waals surface area contributed by atoms with Crippen molar-refractivity contribution in [2.45, 2.75) is 51.6 Å². The van der Waals surface area contributed by atoms with Crippen LogP contribution >= 0.6 is 11.6 Å². The highest BCUT2D eigenvalue weighted by Crippen LogP contribution is 2.20. The summed E-state index contributed by atoms with van der Waals surface area (Å²) < 4.78 is 2.67. The molecule has 0 saturated carbocycles. The van der Waals surface area contributed by atoms with Gasteiger partial charge in [0.15, 0.2) is 0 Å². The van der Waals surface area contributed by atoms with Gasteiger partial charge in [-0.25, -0.2) is 4.98 Å². The van der Waals surface area contributed by atoms with Crippen molar-refractivity contribution >= 4 is 36.4 Å². The number of aryl methyl sites for hydroxylation is 1. The van der Waals surface area contributed by atoms with Crippen molar-refractivity contribution in [1.29, 1.82) is 0 Å². The third-order valence-corrected chi connectivity index (χ3v) is 8.25. The summed E-state index contributed by atoms with van der Waals surface area (Å²) in [6.07, 6.45) is 7.89. The molecule has 55 heavy (non-hydrogen) atoms. The van der Waals surface area contributed by atoms with Crippen LogP contribution in [0.1, 0.15) is 53.6 Å². The van der Waals surface area contributed by atoms with Crippen LogP contribution in [0.2, 0.25) is 5.02 Å². The summed E-state index contributed by atoms with van der Waals surface area (Å²) in [6.45, 7) is 5.23. The van der Waals surface area contributed by atoms with Crippen LogP contribution in [-0.4, -0.2) is 94.2 Å². The van der Waals surface area contributed by atoms with Crippen molar-refractivity contribution in [1.82, 2.24) is 45.5 Å². The molecular formula is C37H43BClN9O7. The summed E-state index contributed by atoms with van der Waals surface area (Å²) in [7, 11) is 0.0214. The third kappa shape index (κ3) is 12.4. The van der Waals surface area contributed by atoms with E-state index in [4.69, 9.17) is 16.7 Å². The Balaban J connectivity index is 0.000000245. The molecule has 0 aliphatic carbocycles. The van der Waals surface area contributed by atoms with E-state index in [1.165, 1.54) is 35.5 Å². The van der Waals surface area contributed by atoms with Gasteiger partial charge in [0.1, 0.15) is 23.0 Å². The zero-order valence-electron chi connectivity index (χ0n) is 30.7. The Kier molecular flexibility index (Phi) is 15.3. The fourth-order valence-corrected chi connectivity index (χ4v) is 5.34. The van der Waals surface area contributed by atoms with E-state index in [9.17, 15) is 29.2 Å². The van der Waals surface area contributed by atoms with Crippen molar-refractivity contribution in [2.75, 3.05) is 6.61 Å². The summed E-state index contributed by atoms with van der Waals surface area (Å²) in [5.74, 6) is -2.31. The summed E-state index contributed by atoms with van der Waals surface area (Å²) in [6, 6.07) is 16.2. The number of nitrogens with zero attached hydrogens (tertiary/aromatic N) is 6. The second kappa shape index (κ2) is 20.1. The highest BCUT2D eigenvalue weighted by atomic mass is 35.5. The van der Waals surface area contributed by atoms with Gasteiger partial charge >= 0.3 is 7.12 Å². The van der Waals surface area contributed by atoms with Crippen LogP contribution in [0.25, 0.3) is 16.9 Å². The Morgan fingerprint density at radius 1 is 0.927 bits per heavy atom. The molecular weight excluding hydrogens is 729 g/mol. The largest absolute Gasteiger partial charge is 0.475 e. The number of aliphatic hydroxyl groups is 1. The first-order valence-electron chi connectivity index (χ1n) is 17.3. The number of hydrogen-bond acceptors (Lipinski definition) is 11. The molecule has 3 heterocycles.